The summed E-state index contributed by atoms with van der Waals surface area (Å²) in [4.78, 5) is 26.0. The van der Waals surface area contributed by atoms with Crippen molar-refractivity contribution in [3.63, 3.8) is 0 Å². The number of carbonyl (C=O) groups excluding carboxylic acids is 2. The number of halogens is 1. The second-order valence-corrected chi connectivity index (χ2v) is 5.87. The smallest absolute Gasteiger partial charge is 0.262 e. The van der Waals surface area contributed by atoms with E-state index in [-0.39, 0.29) is 24.1 Å². The van der Waals surface area contributed by atoms with Gasteiger partial charge in [0.2, 0.25) is 0 Å². The van der Waals surface area contributed by atoms with Crippen LogP contribution in [0.3, 0.4) is 0 Å². The molecule has 0 fully saturated rings. The average molecular weight is 346 g/mol. The molecule has 2 aromatic carbocycles. The molecule has 0 aromatic heterocycles. The zero-order chi connectivity index (χ0) is 15.1. The van der Waals surface area contributed by atoms with Crippen LogP contribution in [0.1, 0.15) is 31.8 Å². The lowest BCUT2D eigenvalue weighted by Gasteiger charge is -2.14. The Balaban J connectivity index is 1.99. The number of nitrogens with zero attached hydrogens (tertiary/aromatic N) is 1. The summed E-state index contributed by atoms with van der Waals surface area (Å²) >= 11 is 3.37. The molecule has 1 aliphatic rings. The summed E-state index contributed by atoms with van der Waals surface area (Å²) in [5, 5.41) is 9.71. The quantitative estimate of drug-likeness (QED) is 0.850. The lowest BCUT2D eigenvalue weighted by atomic mass is 10.0. The minimum absolute atomic E-state index is 0.0270. The monoisotopic (exact) mass is 345 g/mol. The molecule has 0 spiro atoms. The Hall–Kier alpha value is -2.14. The fourth-order valence-corrected chi connectivity index (χ4v) is 2.94. The Bertz CT molecular complexity index is 770. The Morgan fingerprint density at radius 2 is 1.90 bits per heavy atom. The van der Waals surface area contributed by atoms with Crippen LogP contribution in [0.4, 0.5) is 0 Å². The number of carbonyl (C=O) groups is 2. The van der Waals surface area contributed by atoms with Crippen molar-refractivity contribution in [1.82, 2.24) is 4.90 Å². The topological polar surface area (TPSA) is 57.6 Å². The van der Waals surface area contributed by atoms with Gasteiger partial charge in [0, 0.05) is 10.0 Å². The van der Waals surface area contributed by atoms with E-state index in [1.54, 1.807) is 6.92 Å². The molecular weight excluding hydrogens is 334 g/mol. The predicted octanol–water partition coefficient (Wildman–Crippen LogP) is 3.26. The van der Waals surface area contributed by atoms with E-state index >= 15 is 0 Å². The molecule has 5 heteroatoms. The predicted molar refractivity (Wildman–Crippen MR) is 81.2 cm³/mol. The number of imide groups is 1. The number of phenolic OH excluding ortho intramolecular Hbond substituents is 1. The van der Waals surface area contributed by atoms with Gasteiger partial charge in [0.25, 0.3) is 11.8 Å². The van der Waals surface area contributed by atoms with Crippen LogP contribution < -0.4 is 0 Å². The van der Waals surface area contributed by atoms with E-state index in [9.17, 15) is 14.7 Å². The fraction of sp³-hybridized carbons (Fsp3) is 0.125. The molecule has 21 heavy (non-hydrogen) atoms. The first-order valence-electron chi connectivity index (χ1n) is 6.42. The molecule has 0 saturated carbocycles. The van der Waals surface area contributed by atoms with Crippen molar-refractivity contribution in [2.75, 3.05) is 0 Å². The third-order valence-corrected chi connectivity index (χ3v) is 4.09. The summed E-state index contributed by atoms with van der Waals surface area (Å²) in [5.41, 5.74) is 1.96. The number of phenols is 1. The lowest BCUT2D eigenvalue weighted by Crippen LogP contribution is -2.29. The van der Waals surface area contributed by atoms with Crippen LogP contribution in [0.2, 0.25) is 0 Å². The molecule has 2 aromatic rings. The van der Waals surface area contributed by atoms with Crippen molar-refractivity contribution in [2.24, 2.45) is 0 Å². The molecule has 3 rings (SSSR count). The van der Waals surface area contributed by atoms with Gasteiger partial charge in [0.05, 0.1) is 17.7 Å². The van der Waals surface area contributed by atoms with Gasteiger partial charge in [-0.3, -0.25) is 14.5 Å². The van der Waals surface area contributed by atoms with E-state index in [1.165, 1.54) is 17.0 Å². The zero-order valence-electron chi connectivity index (χ0n) is 11.3. The minimum Gasteiger partial charge on any atom is -0.508 e. The first-order valence-corrected chi connectivity index (χ1v) is 7.21. The van der Waals surface area contributed by atoms with E-state index in [0.29, 0.717) is 16.7 Å². The fourth-order valence-electron chi connectivity index (χ4n) is 2.49. The van der Waals surface area contributed by atoms with Crippen molar-refractivity contribution in [1.29, 1.82) is 0 Å². The van der Waals surface area contributed by atoms with Gasteiger partial charge in [-0.05, 0) is 36.8 Å². The third kappa shape index (κ3) is 2.23. The molecule has 4 nitrogen and oxygen atoms in total. The van der Waals surface area contributed by atoms with E-state index in [0.717, 1.165) is 10.0 Å². The van der Waals surface area contributed by atoms with Gasteiger partial charge in [-0.15, -0.1) is 0 Å². The largest absolute Gasteiger partial charge is 0.508 e. The van der Waals surface area contributed by atoms with Gasteiger partial charge in [-0.25, -0.2) is 0 Å². The normalized spacial score (nSPS) is 13.7. The highest BCUT2D eigenvalue weighted by atomic mass is 79.9. The van der Waals surface area contributed by atoms with Gasteiger partial charge in [-0.1, -0.05) is 28.1 Å². The van der Waals surface area contributed by atoms with Crippen molar-refractivity contribution in [3.05, 3.63) is 63.1 Å². The van der Waals surface area contributed by atoms with Crippen LogP contribution in [0.25, 0.3) is 0 Å². The van der Waals surface area contributed by atoms with Crippen LogP contribution in [0, 0.1) is 6.92 Å². The van der Waals surface area contributed by atoms with E-state index in [1.807, 2.05) is 24.3 Å². The van der Waals surface area contributed by atoms with E-state index in [4.69, 9.17) is 0 Å². The number of benzene rings is 2. The van der Waals surface area contributed by atoms with Crippen molar-refractivity contribution in [2.45, 2.75) is 13.5 Å². The molecule has 2 amide bonds. The SMILES string of the molecule is Cc1c(O)ccc2c1C(=O)N(Cc1cccc(Br)c1)C2=O. The Morgan fingerprint density at radius 3 is 2.62 bits per heavy atom. The molecule has 0 radical (unpaired) electrons. The highest BCUT2D eigenvalue weighted by Gasteiger charge is 2.37. The maximum absolute atomic E-state index is 12.5. The second kappa shape index (κ2) is 5.00. The summed E-state index contributed by atoms with van der Waals surface area (Å²) < 4.78 is 0.894. The molecule has 1 aliphatic heterocycles. The molecule has 0 aliphatic carbocycles. The highest BCUT2D eigenvalue weighted by Crippen LogP contribution is 2.31. The van der Waals surface area contributed by atoms with Gasteiger partial charge in [0.1, 0.15) is 5.75 Å². The maximum atomic E-state index is 12.5. The van der Waals surface area contributed by atoms with Crippen LogP contribution in [0.5, 0.6) is 5.75 Å². The molecule has 1 N–H and O–H groups in total. The average Bonchev–Trinajstić information content (AvgIpc) is 2.68. The van der Waals surface area contributed by atoms with Crippen LogP contribution in [-0.4, -0.2) is 21.8 Å². The molecular formula is C16H12BrNO3. The Labute approximate surface area is 130 Å². The first-order chi connectivity index (χ1) is 9.99. The molecule has 1 heterocycles. The van der Waals surface area contributed by atoms with Gasteiger partial charge in [0.15, 0.2) is 0 Å². The van der Waals surface area contributed by atoms with Crippen molar-refractivity contribution in [3.8, 4) is 5.75 Å². The first kappa shape index (κ1) is 13.8. The molecule has 0 atom stereocenters. The number of hydrogen-bond donors (Lipinski definition) is 1. The van der Waals surface area contributed by atoms with Crippen molar-refractivity contribution < 1.29 is 14.7 Å². The van der Waals surface area contributed by atoms with E-state index in [2.05, 4.69) is 15.9 Å². The summed E-state index contributed by atoms with van der Waals surface area (Å²) in [6.45, 7) is 1.86. The number of rotatable bonds is 2. The summed E-state index contributed by atoms with van der Waals surface area (Å²) in [5.74, 6) is -0.652. The molecule has 0 unspecified atom stereocenters. The summed E-state index contributed by atoms with van der Waals surface area (Å²) in [6.07, 6.45) is 0. The number of amides is 2. The molecule has 0 bridgehead atoms. The summed E-state index contributed by atoms with van der Waals surface area (Å²) in [6, 6.07) is 10.4. The standard InChI is InChI=1S/C16H12BrNO3/c1-9-13(19)6-5-12-14(9)16(21)18(15(12)20)8-10-3-2-4-11(17)7-10/h2-7,19H,8H2,1H3. The van der Waals surface area contributed by atoms with Gasteiger partial charge in [-0.2, -0.15) is 0 Å². The lowest BCUT2D eigenvalue weighted by molar-refractivity contribution is 0.0642. The maximum Gasteiger partial charge on any atom is 0.262 e. The van der Waals surface area contributed by atoms with Crippen LogP contribution in [-0.2, 0) is 6.54 Å². The summed E-state index contributed by atoms with van der Waals surface area (Å²) in [7, 11) is 0. The van der Waals surface area contributed by atoms with Crippen LogP contribution in [0.15, 0.2) is 40.9 Å². The van der Waals surface area contributed by atoms with Crippen LogP contribution >= 0.6 is 15.9 Å². The van der Waals surface area contributed by atoms with E-state index < -0.39 is 0 Å². The number of fused-ring (bicyclic) bond motifs is 1. The Morgan fingerprint density at radius 1 is 1.14 bits per heavy atom. The molecule has 106 valence electrons. The van der Waals surface area contributed by atoms with Crippen molar-refractivity contribution >= 4 is 27.7 Å². The highest BCUT2D eigenvalue weighted by molar-refractivity contribution is 9.10. The second-order valence-electron chi connectivity index (χ2n) is 4.96. The zero-order valence-corrected chi connectivity index (χ0v) is 12.8. The third-order valence-electron chi connectivity index (χ3n) is 3.60. The van der Waals surface area contributed by atoms with Gasteiger partial charge < -0.3 is 5.11 Å². The Kier molecular flexibility index (Phi) is 3.29. The number of hydrogen-bond acceptors (Lipinski definition) is 3. The van der Waals surface area contributed by atoms with Gasteiger partial charge >= 0.3 is 0 Å². The number of aromatic hydroxyl groups is 1. The molecule has 0 saturated heterocycles. The minimum atomic E-state index is -0.358.